The van der Waals surface area contributed by atoms with Gasteiger partial charge in [-0.2, -0.15) is 0 Å². The second-order valence-corrected chi connectivity index (χ2v) is 9.44. The molecule has 1 atom stereocenters. The molecule has 1 saturated heterocycles. The first-order valence-corrected chi connectivity index (χ1v) is 11.9. The normalized spacial score (nSPS) is 17.0. The molecule has 1 fully saturated rings. The lowest BCUT2D eigenvalue weighted by atomic mass is 9.87. The van der Waals surface area contributed by atoms with Crippen molar-refractivity contribution < 1.29 is 18.7 Å². The van der Waals surface area contributed by atoms with E-state index in [2.05, 4.69) is 15.5 Å². The monoisotopic (exact) mass is 486 g/mol. The number of halogens is 1. The molecule has 1 N–H and O–H groups in total. The minimum atomic E-state index is -0.550. The molecule has 0 saturated carbocycles. The molecule has 6 rings (SSSR count). The van der Waals surface area contributed by atoms with E-state index >= 15 is 0 Å². The number of para-hydroxylation sites is 2. The summed E-state index contributed by atoms with van der Waals surface area (Å²) in [6.45, 7) is 0.424. The lowest BCUT2D eigenvalue weighted by Crippen LogP contribution is -2.25. The van der Waals surface area contributed by atoms with Crippen molar-refractivity contribution in [3.05, 3.63) is 94.7 Å². The van der Waals surface area contributed by atoms with Gasteiger partial charge in [0, 0.05) is 35.7 Å². The molecule has 2 aliphatic rings. The number of nitrogens with one attached hydrogen (secondary N) is 1. The van der Waals surface area contributed by atoms with Crippen molar-refractivity contribution in [2.45, 2.75) is 18.3 Å². The number of benzene rings is 3. The number of nitrogens with zero attached hydrogens (tertiary/aromatic N) is 3. The Bertz CT molecular complexity index is 1390. The van der Waals surface area contributed by atoms with Crippen LogP contribution in [-0.4, -0.2) is 28.6 Å². The van der Waals surface area contributed by atoms with Gasteiger partial charge in [-0.1, -0.05) is 47.7 Å². The molecule has 4 aromatic rings. The van der Waals surface area contributed by atoms with E-state index < -0.39 is 5.92 Å². The smallest absolute Gasteiger partial charge is 0.238 e. The zero-order chi connectivity index (χ0) is 23.9. The van der Waals surface area contributed by atoms with Crippen LogP contribution in [0.15, 0.2) is 72.8 Å². The van der Waals surface area contributed by atoms with E-state index in [-0.39, 0.29) is 30.0 Å². The number of aromatic nitrogens is 2. The molecule has 3 aromatic carbocycles. The molecule has 35 heavy (non-hydrogen) atoms. The van der Waals surface area contributed by atoms with E-state index in [9.17, 15) is 14.0 Å². The van der Waals surface area contributed by atoms with Crippen LogP contribution in [0, 0.1) is 5.82 Å². The third-order valence-corrected chi connectivity index (χ3v) is 7.23. The molecule has 0 aliphatic carbocycles. The maximum absolute atomic E-state index is 13.4. The Kier molecular flexibility index (Phi) is 5.26. The summed E-state index contributed by atoms with van der Waals surface area (Å²) >= 11 is 1.26. The summed E-state index contributed by atoms with van der Waals surface area (Å²) in [5, 5.41) is 12.4. The Balaban J connectivity index is 1.21. The fourth-order valence-electron chi connectivity index (χ4n) is 4.56. The summed E-state index contributed by atoms with van der Waals surface area (Å²) in [4.78, 5) is 27.6. The van der Waals surface area contributed by atoms with Gasteiger partial charge in [-0.15, -0.1) is 10.2 Å². The van der Waals surface area contributed by atoms with Gasteiger partial charge in [0.2, 0.25) is 16.9 Å². The highest BCUT2D eigenvalue weighted by Crippen LogP contribution is 2.44. The summed E-state index contributed by atoms with van der Waals surface area (Å²) in [5.74, 6) is -0.0459. The summed E-state index contributed by atoms with van der Waals surface area (Å²) in [6, 6.07) is 20.8. The van der Waals surface area contributed by atoms with Crippen molar-refractivity contribution in [3.63, 3.8) is 0 Å². The van der Waals surface area contributed by atoms with Gasteiger partial charge in [0.05, 0.1) is 5.92 Å². The SMILES string of the molecule is O=C(Nc1nnc(C2CC(=O)N(c3ccc(F)cc3)C2)s1)C1c2ccccc2Oc2ccccc21. The predicted molar refractivity (Wildman–Crippen MR) is 129 cm³/mol. The molecular formula is C26H19FN4O3S. The number of anilines is 2. The molecule has 1 aromatic heterocycles. The molecule has 2 aliphatic heterocycles. The van der Waals surface area contributed by atoms with Gasteiger partial charge in [-0.3, -0.25) is 14.9 Å². The van der Waals surface area contributed by atoms with Gasteiger partial charge in [0.25, 0.3) is 0 Å². The average Bonchev–Trinajstić information content (AvgIpc) is 3.49. The summed E-state index contributed by atoms with van der Waals surface area (Å²) < 4.78 is 19.2. The van der Waals surface area contributed by atoms with Crippen molar-refractivity contribution >= 4 is 34.0 Å². The van der Waals surface area contributed by atoms with Crippen LogP contribution in [0.25, 0.3) is 0 Å². The van der Waals surface area contributed by atoms with Gasteiger partial charge in [0.1, 0.15) is 22.3 Å². The molecule has 9 heteroatoms. The Hall–Kier alpha value is -4.11. The zero-order valence-corrected chi connectivity index (χ0v) is 19.2. The fourth-order valence-corrected chi connectivity index (χ4v) is 5.40. The lowest BCUT2D eigenvalue weighted by molar-refractivity contribution is -0.117. The van der Waals surface area contributed by atoms with Gasteiger partial charge < -0.3 is 9.64 Å². The van der Waals surface area contributed by atoms with Crippen molar-refractivity contribution in [2.24, 2.45) is 0 Å². The van der Waals surface area contributed by atoms with Crippen LogP contribution in [0.4, 0.5) is 15.2 Å². The third-order valence-electron chi connectivity index (χ3n) is 6.23. The predicted octanol–water partition coefficient (Wildman–Crippen LogP) is 5.07. The van der Waals surface area contributed by atoms with Crippen LogP contribution in [0.1, 0.15) is 34.4 Å². The Morgan fingerprint density at radius 2 is 1.63 bits per heavy atom. The zero-order valence-electron chi connectivity index (χ0n) is 18.3. The largest absolute Gasteiger partial charge is 0.457 e. The first-order valence-electron chi connectivity index (χ1n) is 11.1. The molecule has 2 amide bonds. The maximum Gasteiger partial charge on any atom is 0.238 e. The molecule has 174 valence electrons. The highest BCUT2D eigenvalue weighted by atomic mass is 32.1. The molecule has 0 spiro atoms. The van der Waals surface area contributed by atoms with E-state index in [4.69, 9.17) is 4.74 Å². The van der Waals surface area contributed by atoms with Crippen LogP contribution in [0.3, 0.4) is 0 Å². The van der Waals surface area contributed by atoms with Crippen LogP contribution in [-0.2, 0) is 9.59 Å². The quantitative estimate of drug-likeness (QED) is 0.435. The number of carbonyl (C=O) groups excluding carboxylic acids is 2. The van der Waals surface area contributed by atoms with Crippen molar-refractivity contribution in [1.29, 1.82) is 0 Å². The van der Waals surface area contributed by atoms with E-state index in [1.165, 1.54) is 23.5 Å². The van der Waals surface area contributed by atoms with E-state index in [0.717, 1.165) is 11.1 Å². The fraction of sp³-hybridized carbons (Fsp3) is 0.154. The Labute approximate surface area is 204 Å². The Morgan fingerprint density at radius 3 is 2.31 bits per heavy atom. The first-order chi connectivity index (χ1) is 17.1. The van der Waals surface area contributed by atoms with Crippen LogP contribution < -0.4 is 15.0 Å². The highest BCUT2D eigenvalue weighted by Gasteiger charge is 2.35. The number of hydrogen-bond donors (Lipinski definition) is 1. The number of rotatable bonds is 4. The molecule has 0 radical (unpaired) electrons. The van der Waals surface area contributed by atoms with Crippen molar-refractivity contribution in [2.75, 3.05) is 16.8 Å². The van der Waals surface area contributed by atoms with Gasteiger partial charge >= 0.3 is 0 Å². The summed E-state index contributed by atoms with van der Waals surface area (Å²) in [6.07, 6.45) is 0.278. The first kappa shape index (κ1) is 21.4. The second-order valence-electron chi connectivity index (χ2n) is 8.43. The number of amides is 2. The highest BCUT2D eigenvalue weighted by molar-refractivity contribution is 7.15. The van der Waals surface area contributed by atoms with E-state index in [1.807, 2.05) is 48.5 Å². The number of hydrogen-bond acceptors (Lipinski definition) is 6. The summed E-state index contributed by atoms with van der Waals surface area (Å²) in [7, 11) is 0. The van der Waals surface area contributed by atoms with Crippen molar-refractivity contribution in [3.8, 4) is 11.5 Å². The lowest BCUT2D eigenvalue weighted by Gasteiger charge is -2.27. The minimum absolute atomic E-state index is 0.0576. The molecule has 0 bridgehead atoms. The summed E-state index contributed by atoms with van der Waals surface area (Å²) in [5.41, 5.74) is 2.21. The van der Waals surface area contributed by atoms with Gasteiger partial charge in [-0.05, 0) is 36.4 Å². The van der Waals surface area contributed by atoms with Crippen LogP contribution in [0.2, 0.25) is 0 Å². The molecular weight excluding hydrogens is 467 g/mol. The minimum Gasteiger partial charge on any atom is -0.457 e. The Morgan fingerprint density at radius 1 is 0.971 bits per heavy atom. The van der Waals surface area contributed by atoms with Crippen LogP contribution in [0.5, 0.6) is 11.5 Å². The number of fused-ring (bicyclic) bond motifs is 2. The maximum atomic E-state index is 13.4. The molecule has 7 nitrogen and oxygen atoms in total. The second kappa shape index (κ2) is 8.59. The van der Waals surface area contributed by atoms with Gasteiger partial charge in [-0.25, -0.2) is 4.39 Å². The van der Waals surface area contributed by atoms with E-state index in [0.29, 0.717) is 33.9 Å². The topological polar surface area (TPSA) is 84.4 Å². The van der Waals surface area contributed by atoms with Crippen LogP contribution >= 0.6 is 11.3 Å². The third kappa shape index (κ3) is 3.93. The van der Waals surface area contributed by atoms with Gasteiger partial charge in [0.15, 0.2) is 0 Å². The van der Waals surface area contributed by atoms with Crippen molar-refractivity contribution in [1.82, 2.24) is 10.2 Å². The number of carbonyl (C=O) groups is 2. The molecule has 1 unspecified atom stereocenters. The number of ether oxygens (including phenoxy) is 1. The standard InChI is InChI=1S/C26H19FN4O3S/c27-16-9-11-17(12-10-16)31-14-15(13-22(31)32)25-29-30-26(35-25)28-24(33)23-18-5-1-3-7-20(18)34-21-8-4-2-6-19(21)23/h1-12,15,23H,13-14H2,(H,28,30,33). The molecule has 3 heterocycles. The van der Waals surface area contributed by atoms with E-state index in [1.54, 1.807) is 17.0 Å². The average molecular weight is 487 g/mol.